The summed E-state index contributed by atoms with van der Waals surface area (Å²) in [6.45, 7) is 1.54. The minimum Gasteiger partial charge on any atom is -0.396 e. The number of nitrogens with zero attached hydrogens (tertiary/aromatic N) is 5. The van der Waals surface area contributed by atoms with Gasteiger partial charge in [0.1, 0.15) is 10.9 Å². The molecule has 8 heteroatoms. The van der Waals surface area contributed by atoms with Gasteiger partial charge >= 0.3 is 0 Å². The largest absolute Gasteiger partial charge is 0.396 e. The summed E-state index contributed by atoms with van der Waals surface area (Å²) in [6.07, 6.45) is 7.31. The monoisotopic (exact) mass is 401 g/mol. The van der Waals surface area contributed by atoms with Gasteiger partial charge < -0.3 is 9.67 Å². The number of hydrogen-bond donors (Lipinski definition) is 1. The molecule has 0 saturated heterocycles. The van der Waals surface area contributed by atoms with Crippen molar-refractivity contribution in [1.82, 2.24) is 24.3 Å². The number of fused-ring (bicyclic) bond motifs is 2. The van der Waals surface area contributed by atoms with Gasteiger partial charge in [-0.2, -0.15) is 5.10 Å². The third-order valence-corrected chi connectivity index (χ3v) is 5.51. The molecule has 27 heavy (non-hydrogen) atoms. The molecule has 1 aromatic carbocycles. The molecule has 4 rings (SSSR count). The zero-order valence-electron chi connectivity index (χ0n) is 15.0. The maximum Gasteiger partial charge on any atom is 0.131 e. The van der Waals surface area contributed by atoms with Crippen LogP contribution in [0.15, 0.2) is 41.7 Å². The third kappa shape index (κ3) is 3.54. The Balaban J connectivity index is 1.78. The molecule has 0 radical (unpaired) electrons. The molecule has 0 atom stereocenters. The predicted molar refractivity (Wildman–Crippen MR) is 109 cm³/mol. The molecule has 0 aliphatic rings. The molecule has 0 amide bonds. The van der Waals surface area contributed by atoms with Crippen LogP contribution in [0.25, 0.3) is 21.9 Å². The summed E-state index contributed by atoms with van der Waals surface area (Å²) in [5.41, 5.74) is 2.92. The van der Waals surface area contributed by atoms with Gasteiger partial charge in [-0.3, -0.25) is 9.67 Å². The number of aliphatic hydroxyl groups is 1. The van der Waals surface area contributed by atoms with Gasteiger partial charge in [-0.25, -0.2) is 4.98 Å². The number of pyridine rings is 1. The molecule has 0 unspecified atom stereocenters. The van der Waals surface area contributed by atoms with Gasteiger partial charge in [0.25, 0.3) is 0 Å². The Morgan fingerprint density at radius 2 is 2.07 bits per heavy atom. The van der Waals surface area contributed by atoms with Gasteiger partial charge in [-0.15, -0.1) is 11.8 Å². The molecule has 3 aromatic heterocycles. The normalized spacial score (nSPS) is 11.7. The lowest BCUT2D eigenvalue weighted by Crippen LogP contribution is -2.10. The predicted octanol–water partition coefficient (Wildman–Crippen LogP) is 3.98. The molecule has 140 valence electrons. The lowest BCUT2D eigenvalue weighted by atomic mass is 10.3. The van der Waals surface area contributed by atoms with E-state index < -0.39 is 0 Å². The standard InChI is InChI=1S/C19H20ClN5OS/c1-27-19-14-6-7-21-11-17(14)25(23-19)12-18-22-15-10-13(20)4-5-16(15)24(18)8-2-3-9-26/h4-7,10-11,26H,2-3,8-9,12H2,1H3. The van der Waals surface area contributed by atoms with E-state index in [1.165, 1.54) is 0 Å². The van der Waals surface area contributed by atoms with Crippen LogP contribution < -0.4 is 0 Å². The number of benzene rings is 1. The summed E-state index contributed by atoms with van der Waals surface area (Å²) in [4.78, 5) is 9.08. The average Bonchev–Trinajstić information content (AvgIpc) is 3.20. The summed E-state index contributed by atoms with van der Waals surface area (Å²) in [5, 5.41) is 16.6. The Hall–Kier alpha value is -2.09. The van der Waals surface area contributed by atoms with Gasteiger partial charge in [0, 0.05) is 29.8 Å². The van der Waals surface area contributed by atoms with E-state index in [1.807, 2.05) is 41.4 Å². The van der Waals surface area contributed by atoms with Crippen molar-refractivity contribution in [3.05, 3.63) is 47.5 Å². The topological polar surface area (TPSA) is 68.8 Å². The van der Waals surface area contributed by atoms with Crippen molar-refractivity contribution in [3.63, 3.8) is 0 Å². The van der Waals surface area contributed by atoms with Crippen LogP contribution in [0.2, 0.25) is 5.02 Å². The van der Waals surface area contributed by atoms with Crippen molar-refractivity contribution in [2.24, 2.45) is 0 Å². The number of aryl methyl sites for hydroxylation is 1. The van der Waals surface area contributed by atoms with Crippen LogP contribution in [0.3, 0.4) is 0 Å². The summed E-state index contributed by atoms with van der Waals surface area (Å²) in [6, 6.07) is 7.77. The zero-order valence-corrected chi connectivity index (χ0v) is 16.5. The van der Waals surface area contributed by atoms with Crippen molar-refractivity contribution in [2.45, 2.75) is 31.0 Å². The molecule has 0 aliphatic carbocycles. The Morgan fingerprint density at radius 3 is 2.89 bits per heavy atom. The van der Waals surface area contributed by atoms with E-state index in [0.717, 1.165) is 52.2 Å². The highest BCUT2D eigenvalue weighted by atomic mass is 35.5. The van der Waals surface area contributed by atoms with E-state index >= 15 is 0 Å². The molecule has 4 aromatic rings. The van der Waals surface area contributed by atoms with Gasteiger partial charge in [-0.05, 0) is 43.4 Å². The number of thioether (sulfide) groups is 1. The summed E-state index contributed by atoms with van der Waals surface area (Å²) in [7, 11) is 0. The molecule has 3 heterocycles. The van der Waals surface area contributed by atoms with Crippen LogP contribution in [0.4, 0.5) is 0 Å². The molecule has 1 N–H and O–H groups in total. The quantitative estimate of drug-likeness (QED) is 0.374. The molecule has 0 aliphatic heterocycles. The second kappa shape index (κ2) is 7.88. The van der Waals surface area contributed by atoms with Crippen LogP contribution in [0.5, 0.6) is 0 Å². The Morgan fingerprint density at radius 1 is 1.19 bits per heavy atom. The summed E-state index contributed by atoms with van der Waals surface area (Å²) < 4.78 is 4.16. The molecule has 6 nitrogen and oxygen atoms in total. The van der Waals surface area contributed by atoms with Crippen molar-refractivity contribution in [2.75, 3.05) is 12.9 Å². The molecular weight excluding hydrogens is 382 g/mol. The molecule has 0 fully saturated rings. The first-order chi connectivity index (χ1) is 13.2. The van der Waals surface area contributed by atoms with Crippen LogP contribution in [0, 0.1) is 0 Å². The number of unbranched alkanes of at least 4 members (excludes halogenated alkanes) is 1. The number of aliphatic hydroxyl groups excluding tert-OH is 1. The smallest absolute Gasteiger partial charge is 0.131 e. The lowest BCUT2D eigenvalue weighted by molar-refractivity contribution is 0.281. The number of hydrogen-bond acceptors (Lipinski definition) is 5. The van der Waals surface area contributed by atoms with Crippen molar-refractivity contribution >= 4 is 45.3 Å². The highest BCUT2D eigenvalue weighted by molar-refractivity contribution is 7.98. The van der Waals surface area contributed by atoms with Gasteiger partial charge in [0.2, 0.25) is 0 Å². The van der Waals surface area contributed by atoms with Crippen LogP contribution in [-0.2, 0) is 13.1 Å². The van der Waals surface area contributed by atoms with Crippen molar-refractivity contribution in [1.29, 1.82) is 0 Å². The van der Waals surface area contributed by atoms with Crippen molar-refractivity contribution < 1.29 is 5.11 Å². The van der Waals surface area contributed by atoms with Crippen LogP contribution in [-0.4, -0.2) is 42.3 Å². The van der Waals surface area contributed by atoms with E-state index in [1.54, 1.807) is 18.0 Å². The van der Waals surface area contributed by atoms with E-state index in [-0.39, 0.29) is 6.61 Å². The fourth-order valence-electron chi connectivity index (χ4n) is 3.30. The van der Waals surface area contributed by atoms with Gasteiger partial charge in [0.15, 0.2) is 0 Å². The van der Waals surface area contributed by atoms with E-state index in [0.29, 0.717) is 11.6 Å². The molecule has 0 bridgehead atoms. The van der Waals surface area contributed by atoms with E-state index in [9.17, 15) is 0 Å². The Bertz CT molecular complexity index is 1090. The first-order valence-electron chi connectivity index (χ1n) is 8.81. The maximum absolute atomic E-state index is 9.13. The third-order valence-electron chi connectivity index (χ3n) is 4.58. The Labute approximate surface area is 166 Å². The summed E-state index contributed by atoms with van der Waals surface area (Å²) in [5.74, 6) is 0.922. The first-order valence-corrected chi connectivity index (χ1v) is 10.4. The fourth-order valence-corrected chi connectivity index (χ4v) is 4.04. The SMILES string of the molecule is CSc1nn(Cc2nc3cc(Cl)ccc3n2CCCCO)c2cnccc12. The highest BCUT2D eigenvalue weighted by Gasteiger charge is 2.15. The summed E-state index contributed by atoms with van der Waals surface area (Å²) >= 11 is 7.78. The van der Waals surface area contributed by atoms with E-state index in [2.05, 4.69) is 9.55 Å². The zero-order chi connectivity index (χ0) is 18.8. The van der Waals surface area contributed by atoms with Crippen LogP contribution >= 0.6 is 23.4 Å². The van der Waals surface area contributed by atoms with Crippen LogP contribution in [0.1, 0.15) is 18.7 Å². The number of halogens is 1. The molecule has 0 saturated carbocycles. The maximum atomic E-state index is 9.13. The van der Waals surface area contributed by atoms with Crippen molar-refractivity contribution in [3.8, 4) is 0 Å². The molecule has 0 spiro atoms. The fraction of sp³-hybridized carbons (Fsp3) is 0.316. The molecular formula is C19H20ClN5OS. The minimum absolute atomic E-state index is 0.195. The number of rotatable bonds is 7. The average molecular weight is 402 g/mol. The van der Waals surface area contributed by atoms with Gasteiger partial charge in [0.05, 0.1) is 29.3 Å². The number of imidazole rings is 1. The first kappa shape index (κ1) is 18.3. The highest BCUT2D eigenvalue weighted by Crippen LogP contribution is 2.26. The second-order valence-electron chi connectivity index (χ2n) is 6.30. The van der Waals surface area contributed by atoms with E-state index in [4.69, 9.17) is 26.8 Å². The van der Waals surface area contributed by atoms with Gasteiger partial charge in [-0.1, -0.05) is 11.6 Å². The second-order valence-corrected chi connectivity index (χ2v) is 7.53. The Kier molecular flexibility index (Phi) is 5.33. The minimum atomic E-state index is 0.195. The lowest BCUT2D eigenvalue weighted by Gasteiger charge is -2.09. The number of aromatic nitrogens is 5.